The SMILES string of the molecule is COc1cc(Cl)cc(/C=N\NC(N)=S)c1O. The highest BCUT2D eigenvalue weighted by molar-refractivity contribution is 7.80. The fourth-order valence-corrected chi connectivity index (χ4v) is 1.28. The van der Waals surface area contributed by atoms with Crippen molar-refractivity contribution in [3.05, 3.63) is 22.7 Å². The monoisotopic (exact) mass is 259 g/mol. The summed E-state index contributed by atoms with van der Waals surface area (Å²) in [5.41, 5.74) is 7.93. The lowest BCUT2D eigenvalue weighted by atomic mass is 10.2. The summed E-state index contributed by atoms with van der Waals surface area (Å²) in [6, 6.07) is 3.03. The number of ether oxygens (including phenoxy) is 1. The smallest absolute Gasteiger partial charge is 0.184 e. The van der Waals surface area contributed by atoms with Crippen LogP contribution in [0.3, 0.4) is 0 Å². The molecule has 0 heterocycles. The van der Waals surface area contributed by atoms with Gasteiger partial charge in [-0.05, 0) is 18.3 Å². The Balaban J connectivity index is 2.99. The van der Waals surface area contributed by atoms with Crippen molar-refractivity contribution in [3.8, 4) is 11.5 Å². The first-order chi connectivity index (χ1) is 7.54. The number of rotatable bonds is 3. The summed E-state index contributed by atoms with van der Waals surface area (Å²) >= 11 is 10.4. The van der Waals surface area contributed by atoms with Crippen LogP contribution in [0.1, 0.15) is 5.56 Å². The summed E-state index contributed by atoms with van der Waals surface area (Å²) in [5.74, 6) is 0.213. The van der Waals surface area contributed by atoms with Crippen molar-refractivity contribution in [3.63, 3.8) is 0 Å². The minimum absolute atomic E-state index is 0.0322. The molecular formula is C9H10ClN3O2S. The Morgan fingerprint density at radius 1 is 1.69 bits per heavy atom. The van der Waals surface area contributed by atoms with E-state index in [1.807, 2.05) is 0 Å². The fourth-order valence-electron chi connectivity index (χ4n) is 1.01. The number of hydrogen-bond acceptors (Lipinski definition) is 4. The molecule has 5 nitrogen and oxygen atoms in total. The second-order valence-corrected chi connectivity index (χ2v) is 3.66. The summed E-state index contributed by atoms with van der Waals surface area (Å²) in [4.78, 5) is 0. The third-order valence-corrected chi connectivity index (χ3v) is 1.98. The van der Waals surface area contributed by atoms with Gasteiger partial charge in [0.15, 0.2) is 16.6 Å². The fraction of sp³-hybridized carbons (Fsp3) is 0.111. The van der Waals surface area contributed by atoms with Gasteiger partial charge in [0, 0.05) is 16.7 Å². The number of nitrogens with one attached hydrogen (secondary N) is 1. The normalized spacial score (nSPS) is 10.4. The number of nitrogens with two attached hydrogens (primary N) is 1. The third-order valence-electron chi connectivity index (χ3n) is 1.67. The predicted molar refractivity (Wildman–Crippen MR) is 67.2 cm³/mol. The number of methoxy groups -OCH3 is 1. The van der Waals surface area contributed by atoms with Gasteiger partial charge < -0.3 is 15.6 Å². The summed E-state index contributed by atoms with van der Waals surface area (Å²) in [6.07, 6.45) is 1.34. The number of halogens is 1. The van der Waals surface area contributed by atoms with E-state index >= 15 is 0 Å². The molecule has 0 spiro atoms. The van der Waals surface area contributed by atoms with Gasteiger partial charge in [0.25, 0.3) is 0 Å². The van der Waals surface area contributed by atoms with Crippen LogP contribution in [0.25, 0.3) is 0 Å². The van der Waals surface area contributed by atoms with Gasteiger partial charge in [0.1, 0.15) is 0 Å². The zero-order valence-electron chi connectivity index (χ0n) is 8.40. The molecule has 7 heteroatoms. The number of phenolic OH excluding ortho intramolecular Hbond substituents is 1. The Morgan fingerprint density at radius 3 is 2.94 bits per heavy atom. The van der Waals surface area contributed by atoms with E-state index in [0.29, 0.717) is 10.6 Å². The topological polar surface area (TPSA) is 79.9 Å². The lowest BCUT2D eigenvalue weighted by Crippen LogP contribution is -2.24. The Kier molecular flexibility index (Phi) is 4.33. The molecule has 0 bridgehead atoms. The van der Waals surface area contributed by atoms with Crippen molar-refractivity contribution in [1.82, 2.24) is 5.43 Å². The summed E-state index contributed by atoms with van der Waals surface area (Å²) in [5, 5.41) is 13.9. The van der Waals surface area contributed by atoms with Gasteiger partial charge in [-0.1, -0.05) is 11.6 Å². The van der Waals surface area contributed by atoms with Gasteiger partial charge in [-0.2, -0.15) is 5.10 Å². The van der Waals surface area contributed by atoms with Crippen molar-refractivity contribution in [2.45, 2.75) is 0 Å². The minimum atomic E-state index is -0.0552. The summed E-state index contributed by atoms with van der Waals surface area (Å²) in [6.45, 7) is 0. The molecule has 0 aromatic heterocycles. The second-order valence-electron chi connectivity index (χ2n) is 2.78. The molecule has 4 N–H and O–H groups in total. The molecule has 0 saturated carbocycles. The Morgan fingerprint density at radius 2 is 2.38 bits per heavy atom. The van der Waals surface area contributed by atoms with Gasteiger partial charge >= 0.3 is 0 Å². The lowest BCUT2D eigenvalue weighted by molar-refractivity contribution is 0.373. The number of thiocarbonyl (C=S) groups is 1. The van der Waals surface area contributed by atoms with Crippen LogP contribution in [-0.4, -0.2) is 23.5 Å². The Hall–Kier alpha value is -1.53. The molecule has 0 aliphatic heterocycles. The number of nitrogens with zero attached hydrogens (tertiary/aromatic N) is 1. The van der Waals surface area contributed by atoms with Gasteiger partial charge in [-0.3, -0.25) is 5.43 Å². The van der Waals surface area contributed by atoms with Crippen molar-refractivity contribution >= 4 is 35.1 Å². The van der Waals surface area contributed by atoms with E-state index in [-0.39, 0.29) is 16.6 Å². The molecule has 0 fully saturated rings. The van der Waals surface area contributed by atoms with Crippen LogP contribution in [-0.2, 0) is 0 Å². The van der Waals surface area contributed by atoms with E-state index in [4.69, 9.17) is 22.1 Å². The number of aromatic hydroxyl groups is 1. The molecule has 16 heavy (non-hydrogen) atoms. The molecule has 0 unspecified atom stereocenters. The Labute approximate surface area is 103 Å². The molecule has 0 amide bonds. The van der Waals surface area contributed by atoms with Crippen molar-refractivity contribution in [1.29, 1.82) is 0 Å². The Bertz CT molecular complexity index is 437. The van der Waals surface area contributed by atoms with Gasteiger partial charge in [-0.25, -0.2) is 0 Å². The highest BCUT2D eigenvalue weighted by Crippen LogP contribution is 2.32. The summed E-state index contributed by atoms with van der Waals surface area (Å²) < 4.78 is 4.93. The maximum absolute atomic E-state index is 9.71. The third kappa shape index (κ3) is 3.25. The molecule has 1 aromatic rings. The van der Waals surface area contributed by atoms with Crippen LogP contribution in [0.15, 0.2) is 17.2 Å². The van der Waals surface area contributed by atoms with E-state index in [9.17, 15) is 5.11 Å². The zero-order chi connectivity index (χ0) is 12.1. The standard InChI is InChI=1S/C9H10ClN3O2S/c1-15-7-3-6(10)2-5(8(7)14)4-12-13-9(11)16/h2-4,14H,1H3,(H3,11,13,16)/b12-4-. The molecule has 1 rings (SSSR count). The van der Waals surface area contributed by atoms with Gasteiger partial charge in [0.05, 0.1) is 13.3 Å². The van der Waals surface area contributed by atoms with Crippen molar-refractivity contribution < 1.29 is 9.84 Å². The first-order valence-electron chi connectivity index (χ1n) is 4.19. The summed E-state index contributed by atoms with van der Waals surface area (Å²) in [7, 11) is 1.43. The largest absolute Gasteiger partial charge is 0.504 e. The van der Waals surface area contributed by atoms with E-state index < -0.39 is 0 Å². The first kappa shape index (κ1) is 12.5. The van der Waals surface area contributed by atoms with Crippen LogP contribution >= 0.6 is 23.8 Å². The maximum atomic E-state index is 9.71. The zero-order valence-corrected chi connectivity index (χ0v) is 9.97. The van der Waals surface area contributed by atoms with Crippen LogP contribution in [0.5, 0.6) is 11.5 Å². The van der Waals surface area contributed by atoms with Crippen LogP contribution in [0, 0.1) is 0 Å². The van der Waals surface area contributed by atoms with Gasteiger partial charge in [0.2, 0.25) is 0 Å². The number of phenols is 1. The quantitative estimate of drug-likeness (QED) is 0.432. The van der Waals surface area contributed by atoms with Gasteiger partial charge in [-0.15, -0.1) is 0 Å². The first-order valence-corrected chi connectivity index (χ1v) is 4.98. The minimum Gasteiger partial charge on any atom is -0.504 e. The molecule has 0 aliphatic rings. The maximum Gasteiger partial charge on any atom is 0.184 e. The number of hydrogen-bond donors (Lipinski definition) is 3. The molecular weight excluding hydrogens is 250 g/mol. The van der Waals surface area contributed by atoms with E-state index in [2.05, 4.69) is 22.7 Å². The average Bonchev–Trinajstić information content (AvgIpc) is 2.22. The highest BCUT2D eigenvalue weighted by Gasteiger charge is 2.07. The molecule has 1 aromatic carbocycles. The van der Waals surface area contributed by atoms with Crippen LogP contribution < -0.4 is 15.9 Å². The van der Waals surface area contributed by atoms with E-state index in [1.54, 1.807) is 0 Å². The predicted octanol–water partition coefficient (Wildman–Crippen LogP) is 1.22. The molecule has 0 atom stereocenters. The number of hydrazone groups is 1. The van der Waals surface area contributed by atoms with E-state index in [0.717, 1.165) is 0 Å². The van der Waals surface area contributed by atoms with Crippen LogP contribution in [0.4, 0.5) is 0 Å². The van der Waals surface area contributed by atoms with Crippen LogP contribution in [0.2, 0.25) is 5.02 Å². The second kappa shape index (κ2) is 5.53. The highest BCUT2D eigenvalue weighted by atomic mass is 35.5. The van der Waals surface area contributed by atoms with Crippen molar-refractivity contribution in [2.75, 3.05) is 7.11 Å². The van der Waals surface area contributed by atoms with E-state index in [1.165, 1.54) is 25.5 Å². The molecule has 86 valence electrons. The van der Waals surface area contributed by atoms with Crippen molar-refractivity contribution in [2.24, 2.45) is 10.8 Å². The lowest BCUT2D eigenvalue weighted by Gasteiger charge is -2.06. The molecule has 0 aliphatic carbocycles. The molecule has 0 radical (unpaired) electrons. The average molecular weight is 260 g/mol. The number of benzene rings is 1. The molecule has 0 saturated heterocycles.